The first-order valence-corrected chi connectivity index (χ1v) is 7.74. The minimum Gasteiger partial charge on any atom is -0.355 e. The number of hydrogen-bond acceptors (Lipinski definition) is 4. The van der Waals surface area contributed by atoms with E-state index in [1.165, 1.54) is 25.5 Å². The first-order valence-electron chi connectivity index (χ1n) is 7.74. The highest BCUT2D eigenvalue weighted by molar-refractivity contribution is 5.95. The summed E-state index contributed by atoms with van der Waals surface area (Å²) in [7, 11) is 1.53. The maximum Gasteiger partial charge on any atom is 0.261 e. The van der Waals surface area contributed by atoms with E-state index in [9.17, 15) is 18.8 Å². The predicted molar refractivity (Wildman–Crippen MR) is 94.4 cm³/mol. The molecule has 0 aliphatic rings. The number of benzene rings is 2. The second-order valence-corrected chi connectivity index (χ2v) is 5.54. The second kappa shape index (κ2) is 7.14. The van der Waals surface area contributed by atoms with Gasteiger partial charge in [0.15, 0.2) is 0 Å². The Morgan fingerprint density at radius 2 is 1.88 bits per heavy atom. The van der Waals surface area contributed by atoms with Crippen LogP contribution in [0.15, 0.2) is 53.6 Å². The molecule has 0 aliphatic carbocycles. The molecule has 3 aromatic rings. The van der Waals surface area contributed by atoms with E-state index in [4.69, 9.17) is 0 Å². The van der Waals surface area contributed by atoms with Crippen molar-refractivity contribution in [2.75, 3.05) is 12.4 Å². The SMILES string of the molecule is CNC(=O)c1ccc(NC(=O)Cn2cnc3ccc(F)cc3c2=O)cc1. The van der Waals surface area contributed by atoms with Crippen molar-refractivity contribution < 1.29 is 14.0 Å². The summed E-state index contributed by atoms with van der Waals surface area (Å²) in [5.41, 5.74) is 0.801. The summed E-state index contributed by atoms with van der Waals surface area (Å²) < 4.78 is 14.4. The maximum absolute atomic E-state index is 13.3. The van der Waals surface area contributed by atoms with Crippen molar-refractivity contribution >= 4 is 28.4 Å². The first kappa shape index (κ1) is 17.3. The molecule has 0 aliphatic heterocycles. The third-order valence-corrected chi connectivity index (χ3v) is 3.76. The number of fused-ring (bicyclic) bond motifs is 1. The first-order chi connectivity index (χ1) is 12.5. The fourth-order valence-corrected chi connectivity index (χ4v) is 2.45. The van der Waals surface area contributed by atoms with Crippen LogP contribution in [0.25, 0.3) is 10.9 Å². The molecule has 0 radical (unpaired) electrons. The van der Waals surface area contributed by atoms with Crippen LogP contribution in [-0.4, -0.2) is 28.4 Å². The van der Waals surface area contributed by atoms with Crippen LogP contribution < -0.4 is 16.2 Å². The lowest BCUT2D eigenvalue weighted by Crippen LogP contribution is -2.28. The van der Waals surface area contributed by atoms with E-state index in [1.807, 2.05) is 0 Å². The minimum absolute atomic E-state index is 0.107. The molecule has 0 atom stereocenters. The number of anilines is 1. The Labute approximate surface area is 147 Å². The number of nitrogens with one attached hydrogen (secondary N) is 2. The Balaban J connectivity index is 1.76. The van der Waals surface area contributed by atoms with E-state index in [2.05, 4.69) is 15.6 Å². The highest BCUT2D eigenvalue weighted by Crippen LogP contribution is 2.10. The number of carbonyl (C=O) groups is 2. The largest absolute Gasteiger partial charge is 0.355 e. The Bertz CT molecular complexity index is 1040. The van der Waals surface area contributed by atoms with Crippen LogP contribution >= 0.6 is 0 Å². The van der Waals surface area contributed by atoms with Gasteiger partial charge < -0.3 is 10.6 Å². The average molecular weight is 354 g/mol. The highest BCUT2D eigenvalue weighted by atomic mass is 19.1. The van der Waals surface area contributed by atoms with E-state index in [0.29, 0.717) is 16.8 Å². The van der Waals surface area contributed by atoms with Crippen LogP contribution in [0.1, 0.15) is 10.4 Å². The lowest BCUT2D eigenvalue weighted by atomic mass is 10.2. The third-order valence-electron chi connectivity index (χ3n) is 3.76. The molecule has 0 saturated heterocycles. The second-order valence-electron chi connectivity index (χ2n) is 5.54. The van der Waals surface area contributed by atoms with Gasteiger partial charge >= 0.3 is 0 Å². The van der Waals surface area contributed by atoms with E-state index in [1.54, 1.807) is 24.3 Å². The van der Waals surface area contributed by atoms with Gasteiger partial charge in [-0.2, -0.15) is 0 Å². The van der Waals surface area contributed by atoms with Crippen molar-refractivity contribution in [1.82, 2.24) is 14.9 Å². The van der Waals surface area contributed by atoms with Gasteiger partial charge in [-0.25, -0.2) is 9.37 Å². The van der Waals surface area contributed by atoms with Gasteiger partial charge in [0, 0.05) is 18.3 Å². The molecule has 26 heavy (non-hydrogen) atoms. The molecule has 0 fully saturated rings. The van der Waals surface area contributed by atoms with Gasteiger partial charge in [0.25, 0.3) is 11.5 Å². The number of amides is 2. The molecule has 0 bridgehead atoms. The molecule has 132 valence electrons. The number of aromatic nitrogens is 2. The van der Waals surface area contributed by atoms with Crippen LogP contribution in [0.2, 0.25) is 0 Å². The van der Waals surface area contributed by atoms with E-state index in [0.717, 1.165) is 10.6 Å². The Morgan fingerprint density at radius 3 is 2.58 bits per heavy atom. The van der Waals surface area contributed by atoms with Crippen molar-refractivity contribution in [3.8, 4) is 0 Å². The fourth-order valence-electron chi connectivity index (χ4n) is 2.45. The zero-order valence-corrected chi connectivity index (χ0v) is 13.8. The molecule has 1 aromatic heterocycles. The molecule has 0 spiro atoms. The average Bonchev–Trinajstić information content (AvgIpc) is 2.64. The molecule has 7 nitrogen and oxygen atoms in total. The van der Waals surface area contributed by atoms with Gasteiger partial charge in [0.05, 0.1) is 17.2 Å². The van der Waals surface area contributed by atoms with Gasteiger partial charge in [-0.05, 0) is 42.5 Å². The van der Waals surface area contributed by atoms with Crippen molar-refractivity contribution in [3.05, 3.63) is 70.5 Å². The smallest absolute Gasteiger partial charge is 0.261 e. The minimum atomic E-state index is -0.546. The number of hydrogen-bond donors (Lipinski definition) is 2. The monoisotopic (exact) mass is 354 g/mol. The standard InChI is InChI=1S/C18H15FN4O3/c1-20-17(25)11-2-5-13(6-3-11)22-16(24)9-23-10-21-15-7-4-12(19)8-14(15)18(23)26/h2-8,10H,9H2,1H3,(H,20,25)(H,22,24). The van der Waals surface area contributed by atoms with Gasteiger partial charge in [-0.1, -0.05) is 0 Å². The normalized spacial score (nSPS) is 10.5. The number of carbonyl (C=O) groups excluding carboxylic acids is 2. The Morgan fingerprint density at radius 1 is 1.15 bits per heavy atom. The lowest BCUT2D eigenvalue weighted by Gasteiger charge is -2.08. The molecule has 1 heterocycles. The van der Waals surface area contributed by atoms with Crippen molar-refractivity contribution in [2.24, 2.45) is 0 Å². The predicted octanol–water partition coefficient (Wildman–Crippen LogP) is 1.53. The quantitative estimate of drug-likeness (QED) is 0.743. The van der Waals surface area contributed by atoms with Crippen LogP contribution in [-0.2, 0) is 11.3 Å². The fraction of sp³-hybridized carbons (Fsp3) is 0.111. The molecule has 3 rings (SSSR count). The zero-order chi connectivity index (χ0) is 18.7. The summed E-state index contributed by atoms with van der Waals surface area (Å²) in [6, 6.07) is 10.0. The van der Waals surface area contributed by atoms with Gasteiger partial charge in [0.2, 0.25) is 5.91 Å². The maximum atomic E-state index is 13.3. The molecule has 0 saturated carbocycles. The molecule has 2 aromatic carbocycles. The van der Waals surface area contributed by atoms with Crippen molar-refractivity contribution in [1.29, 1.82) is 0 Å². The Kier molecular flexibility index (Phi) is 4.74. The van der Waals surface area contributed by atoms with Gasteiger partial charge in [-0.15, -0.1) is 0 Å². The molecular weight excluding hydrogens is 339 g/mol. The summed E-state index contributed by atoms with van der Waals surface area (Å²) in [6.07, 6.45) is 1.25. The van der Waals surface area contributed by atoms with Crippen LogP contribution in [0.5, 0.6) is 0 Å². The van der Waals surface area contributed by atoms with E-state index in [-0.39, 0.29) is 17.8 Å². The summed E-state index contributed by atoms with van der Waals surface area (Å²) in [4.78, 5) is 40.1. The topological polar surface area (TPSA) is 93.1 Å². The summed E-state index contributed by atoms with van der Waals surface area (Å²) in [5.74, 6) is -1.23. The van der Waals surface area contributed by atoms with Gasteiger partial charge in [0.1, 0.15) is 12.4 Å². The summed E-state index contributed by atoms with van der Waals surface area (Å²) in [5, 5.41) is 5.24. The third kappa shape index (κ3) is 3.59. The molecule has 0 unspecified atom stereocenters. The van der Waals surface area contributed by atoms with Gasteiger partial charge in [-0.3, -0.25) is 19.0 Å². The number of rotatable bonds is 4. The van der Waals surface area contributed by atoms with E-state index < -0.39 is 17.3 Å². The van der Waals surface area contributed by atoms with E-state index >= 15 is 0 Å². The zero-order valence-electron chi connectivity index (χ0n) is 13.8. The highest BCUT2D eigenvalue weighted by Gasteiger charge is 2.10. The van der Waals surface area contributed by atoms with Crippen molar-refractivity contribution in [3.63, 3.8) is 0 Å². The Hall–Kier alpha value is -3.55. The molecular formula is C18H15FN4O3. The van der Waals surface area contributed by atoms with Crippen LogP contribution in [0, 0.1) is 5.82 Å². The van der Waals surface area contributed by atoms with Crippen LogP contribution in [0.3, 0.4) is 0 Å². The lowest BCUT2D eigenvalue weighted by molar-refractivity contribution is -0.116. The number of nitrogens with zero attached hydrogens (tertiary/aromatic N) is 2. The molecule has 8 heteroatoms. The molecule has 2 amide bonds. The summed E-state index contributed by atoms with van der Waals surface area (Å²) in [6.45, 7) is -0.268. The summed E-state index contributed by atoms with van der Waals surface area (Å²) >= 11 is 0. The number of halogens is 1. The van der Waals surface area contributed by atoms with Crippen LogP contribution in [0.4, 0.5) is 10.1 Å². The molecule has 2 N–H and O–H groups in total. The van der Waals surface area contributed by atoms with Crippen molar-refractivity contribution in [2.45, 2.75) is 6.54 Å².